The van der Waals surface area contributed by atoms with Crippen molar-refractivity contribution in [3.8, 4) is 0 Å². The van der Waals surface area contributed by atoms with Gasteiger partial charge in [0.15, 0.2) is 0 Å². The Balaban J connectivity index is 2.03. The number of aromatic nitrogens is 1. The van der Waals surface area contributed by atoms with Crippen molar-refractivity contribution in [2.24, 2.45) is 0 Å². The van der Waals surface area contributed by atoms with Crippen LogP contribution in [0.4, 0.5) is 15.8 Å². The van der Waals surface area contributed by atoms with Gasteiger partial charge in [-0.3, -0.25) is 9.78 Å². The molecule has 0 radical (unpaired) electrons. The number of nitrogens with one attached hydrogen (secondary N) is 2. The van der Waals surface area contributed by atoms with Crippen molar-refractivity contribution in [1.29, 1.82) is 0 Å². The molecule has 0 fully saturated rings. The average Bonchev–Trinajstić information content (AvgIpc) is 2.49. The number of hydrogen-bond acceptors (Lipinski definition) is 4. The molecule has 0 saturated carbocycles. The van der Waals surface area contributed by atoms with E-state index in [1.54, 1.807) is 30.5 Å². The minimum absolute atomic E-state index is 0.202. The maximum Gasteiger partial charge on any atom is 0.252 e. The molecule has 1 heterocycles. The van der Waals surface area contributed by atoms with Crippen molar-refractivity contribution in [3.63, 3.8) is 0 Å². The first-order valence-electron chi connectivity index (χ1n) is 6.96. The lowest BCUT2D eigenvalue weighted by atomic mass is 10.2. The molecule has 0 spiro atoms. The van der Waals surface area contributed by atoms with Crippen LogP contribution < -0.4 is 10.6 Å². The lowest BCUT2D eigenvalue weighted by Gasteiger charge is -2.11. The average molecular weight is 302 g/mol. The molecule has 0 aliphatic rings. The van der Waals surface area contributed by atoms with Gasteiger partial charge in [0.2, 0.25) is 0 Å². The normalized spacial score (nSPS) is 10.5. The maximum atomic E-state index is 13.6. The zero-order valence-corrected chi connectivity index (χ0v) is 12.6. The van der Waals surface area contributed by atoms with Crippen molar-refractivity contribution in [1.82, 2.24) is 15.2 Å². The van der Waals surface area contributed by atoms with Gasteiger partial charge in [-0.1, -0.05) is 12.1 Å². The third-order valence-corrected chi connectivity index (χ3v) is 3.00. The molecule has 2 rings (SSSR count). The van der Waals surface area contributed by atoms with Gasteiger partial charge in [-0.05, 0) is 32.3 Å². The third-order valence-electron chi connectivity index (χ3n) is 3.00. The molecule has 0 atom stereocenters. The van der Waals surface area contributed by atoms with Crippen molar-refractivity contribution in [2.75, 3.05) is 32.5 Å². The Bertz CT molecular complexity index is 646. The minimum Gasteiger partial charge on any atom is -0.352 e. The number of amides is 1. The smallest absolute Gasteiger partial charge is 0.252 e. The zero-order valence-electron chi connectivity index (χ0n) is 12.6. The van der Waals surface area contributed by atoms with Crippen LogP contribution in [0.3, 0.4) is 0 Å². The van der Waals surface area contributed by atoms with Crippen LogP contribution in [-0.4, -0.2) is 43.0 Å². The fourth-order valence-electron chi connectivity index (χ4n) is 1.85. The number of carbonyl (C=O) groups excluding carboxylic acids is 1. The van der Waals surface area contributed by atoms with Crippen molar-refractivity contribution in [3.05, 3.63) is 54.1 Å². The number of pyridine rings is 1. The van der Waals surface area contributed by atoms with Gasteiger partial charge in [0.1, 0.15) is 5.82 Å². The molecule has 2 N–H and O–H groups in total. The largest absolute Gasteiger partial charge is 0.352 e. The van der Waals surface area contributed by atoms with Gasteiger partial charge in [-0.2, -0.15) is 0 Å². The highest BCUT2D eigenvalue weighted by Gasteiger charge is 2.08. The zero-order chi connectivity index (χ0) is 15.9. The summed E-state index contributed by atoms with van der Waals surface area (Å²) in [4.78, 5) is 18.0. The standard InChI is InChI=1S/C16H19FN4O/c1-21(2)8-7-19-16(22)12-9-13(11-18-10-12)20-15-6-4-3-5-14(15)17/h3-6,9-11,20H,7-8H2,1-2H3,(H,19,22). The molecular weight excluding hydrogens is 283 g/mol. The molecule has 0 saturated heterocycles. The molecule has 0 bridgehead atoms. The number of hydrogen-bond donors (Lipinski definition) is 2. The van der Waals surface area contributed by atoms with Gasteiger partial charge in [-0.25, -0.2) is 4.39 Å². The number of likely N-dealkylation sites (N-methyl/N-ethyl adjacent to an activating group) is 1. The summed E-state index contributed by atoms with van der Waals surface area (Å²) in [5.41, 5.74) is 1.33. The number of halogens is 1. The van der Waals surface area contributed by atoms with Gasteiger partial charge in [-0.15, -0.1) is 0 Å². The summed E-state index contributed by atoms with van der Waals surface area (Å²) < 4.78 is 13.6. The number of benzene rings is 1. The van der Waals surface area contributed by atoms with E-state index in [0.717, 1.165) is 6.54 Å². The topological polar surface area (TPSA) is 57.3 Å². The summed E-state index contributed by atoms with van der Waals surface area (Å²) in [6.45, 7) is 1.31. The number of para-hydroxylation sites is 1. The van der Waals surface area contributed by atoms with Crippen LogP contribution in [-0.2, 0) is 0 Å². The Labute approximate surface area is 129 Å². The SMILES string of the molecule is CN(C)CCNC(=O)c1cncc(Nc2ccccc2F)c1. The molecular formula is C16H19FN4O. The highest BCUT2D eigenvalue weighted by Crippen LogP contribution is 2.19. The van der Waals surface area contributed by atoms with Crippen LogP contribution in [0.15, 0.2) is 42.7 Å². The second kappa shape index (κ2) is 7.51. The van der Waals surface area contributed by atoms with Gasteiger partial charge in [0.25, 0.3) is 5.91 Å². The maximum absolute atomic E-state index is 13.6. The van der Waals surface area contributed by atoms with E-state index in [1.807, 2.05) is 19.0 Å². The number of anilines is 2. The predicted octanol–water partition coefficient (Wildman–Crippen LogP) is 2.26. The predicted molar refractivity (Wildman–Crippen MR) is 84.8 cm³/mol. The fraction of sp³-hybridized carbons (Fsp3) is 0.250. The fourth-order valence-corrected chi connectivity index (χ4v) is 1.85. The summed E-state index contributed by atoms with van der Waals surface area (Å²) in [6.07, 6.45) is 3.03. The van der Waals surface area contributed by atoms with E-state index in [2.05, 4.69) is 15.6 Å². The van der Waals surface area contributed by atoms with Crippen LogP contribution >= 0.6 is 0 Å². The van der Waals surface area contributed by atoms with E-state index in [9.17, 15) is 9.18 Å². The number of nitrogens with zero attached hydrogens (tertiary/aromatic N) is 2. The van der Waals surface area contributed by atoms with Crippen LogP contribution in [0.2, 0.25) is 0 Å². The Morgan fingerprint density at radius 1 is 1.27 bits per heavy atom. The Hall–Kier alpha value is -2.47. The second-order valence-corrected chi connectivity index (χ2v) is 5.13. The van der Waals surface area contributed by atoms with Crippen LogP contribution in [0.25, 0.3) is 0 Å². The summed E-state index contributed by atoms with van der Waals surface area (Å²) in [5, 5.41) is 5.73. The van der Waals surface area contributed by atoms with Crippen LogP contribution in [0, 0.1) is 5.82 Å². The molecule has 0 unspecified atom stereocenters. The van der Waals surface area contributed by atoms with Gasteiger partial charge in [0, 0.05) is 19.3 Å². The second-order valence-electron chi connectivity index (χ2n) is 5.13. The first kappa shape index (κ1) is 15.9. The van der Waals surface area contributed by atoms with E-state index in [0.29, 0.717) is 23.5 Å². The van der Waals surface area contributed by atoms with E-state index < -0.39 is 0 Å². The quantitative estimate of drug-likeness (QED) is 0.859. The highest BCUT2D eigenvalue weighted by atomic mass is 19.1. The van der Waals surface area contributed by atoms with Crippen molar-refractivity contribution >= 4 is 17.3 Å². The number of carbonyl (C=O) groups is 1. The van der Waals surface area contributed by atoms with Crippen LogP contribution in [0.5, 0.6) is 0 Å². The van der Waals surface area contributed by atoms with E-state index in [-0.39, 0.29) is 11.7 Å². The summed E-state index contributed by atoms with van der Waals surface area (Å²) in [5.74, 6) is -0.560. The highest BCUT2D eigenvalue weighted by molar-refractivity contribution is 5.94. The van der Waals surface area contributed by atoms with Gasteiger partial charge < -0.3 is 15.5 Å². The molecule has 5 nitrogen and oxygen atoms in total. The van der Waals surface area contributed by atoms with E-state index >= 15 is 0 Å². The van der Waals surface area contributed by atoms with E-state index in [4.69, 9.17) is 0 Å². The lowest BCUT2D eigenvalue weighted by molar-refractivity contribution is 0.0950. The molecule has 1 aromatic heterocycles. The molecule has 0 aliphatic heterocycles. The van der Waals surface area contributed by atoms with Gasteiger partial charge in [0.05, 0.1) is 23.1 Å². The van der Waals surface area contributed by atoms with Gasteiger partial charge >= 0.3 is 0 Å². The summed E-state index contributed by atoms with van der Waals surface area (Å²) in [7, 11) is 3.87. The molecule has 22 heavy (non-hydrogen) atoms. The van der Waals surface area contributed by atoms with E-state index in [1.165, 1.54) is 12.3 Å². The molecule has 0 aliphatic carbocycles. The third kappa shape index (κ3) is 4.53. The molecule has 6 heteroatoms. The number of rotatable bonds is 6. The molecule has 116 valence electrons. The Morgan fingerprint density at radius 3 is 2.77 bits per heavy atom. The minimum atomic E-state index is -0.358. The van der Waals surface area contributed by atoms with Crippen LogP contribution in [0.1, 0.15) is 10.4 Å². The summed E-state index contributed by atoms with van der Waals surface area (Å²) in [6, 6.07) is 7.99. The molecule has 1 aromatic carbocycles. The lowest BCUT2D eigenvalue weighted by Crippen LogP contribution is -2.31. The molecule has 2 aromatic rings. The Morgan fingerprint density at radius 2 is 2.05 bits per heavy atom. The van der Waals surface area contributed by atoms with Crippen molar-refractivity contribution in [2.45, 2.75) is 0 Å². The monoisotopic (exact) mass is 302 g/mol. The first-order valence-corrected chi connectivity index (χ1v) is 6.96. The van der Waals surface area contributed by atoms with Crippen molar-refractivity contribution < 1.29 is 9.18 Å². The first-order chi connectivity index (χ1) is 10.6. The summed E-state index contributed by atoms with van der Waals surface area (Å²) >= 11 is 0. The Kier molecular flexibility index (Phi) is 5.43. The molecule has 1 amide bonds.